The Hall–Kier alpha value is -2.23. The Bertz CT molecular complexity index is 780. The maximum absolute atomic E-state index is 5.89. The van der Waals surface area contributed by atoms with E-state index in [1.807, 2.05) is 60.8 Å². The Morgan fingerprint density at radius 1 is 0.818 bits per heavy atom. The van der Waals surface area contributed by atoms with E-state index in [1.165, 1.54) is 6.07 Å². The summed E-state index contributed by atoms with van der Waals surface area (Å²) in [6.07, 6.45) is 1.82. The fraction of sp³-hybridized carbons (Fsp3) is 0. The molecule has 0 atom stereocenters. The van der Waals surface area contributed by atoms with Gasteiger partial charge in [-0.15, -0.1) is 0 Å². The molecule has 0 bridgehead atoms. The molecule has 0 spiro atoms. The summed E-state index contributed by atoms with van der Waals surface area (Å²) in [7, 11) is 0. The number of hydrogen-bond acceptors (Lipinski definition) is 3. The minimum Gasteiger partial charge on any atom is -0.256 e. The van der Waals surface area contributed by atoms with Crippen molar-refractivity contribution in [3.8, 4) is 11.4 Å². The normalized spacial score (nSPS) is 11.0. The van der Waals surface area contributed by atoms with Crippen LogP contribution in [0, 0.1) is 0 Å². The highest BCUT2D eigenvalue weighted by atomic mass is 35.5. The molecule has 5 heteroatoms. The van der Waals surface area contributed by atoms with Crippen molar-refractivity contribution in [1.29, 1.82) is 0 Å². The second kappa shape index (κ2) is 6.69. The maximum atomic E-state index is 5.89. The van der Waals surface area contributed by atoms with Crippen molar-refractivity contribution in [2.24, 2.45) is 4.99 Å². The molecule has 0 aliphatic rings. The van der Waals surface area contributed by atoms with Crippen LogP contribution in [0.5, 0.6) is 0 Å². The molecule has 0 saturated carbocycles. The third-order valence-electron chi connectivity index (χ3n) is 2.95. The van der Waals surface area contributed by atoms with Crippen LogP contribution >= 0.6 is 23.2 Å². The minimum absolute atomic E-state index is 0.321. The molecule has 3 nitrogen and oxygen atoms in total. The molecule has 3 rings (SSSR count). The number of halogens is 2. The smallest absolute Gasteiger partial charge is 0.162 e. The molecule has 2 aromatic carbocycles. The molecule has 0 unspecified atom stereocenters. The van der Waals surface area contributed by atoms with Gasteiger partial charge in [-0.3, -0.25) is 4.99 Å². The summed E-state index contributed by atoms with van der Waals surface area (Å²) in [5.74, 6) is 0.496. The molecule has 0 amide bonds. The first kappa shape index (κ1) is 14.7. The van der Waals surface area contributed by atoms with E-state index in [-0.39, 0.29) is 0 Å². The van der Waals surface area contributed by atoms with Gasteiger partial charge in [0.05, 0.1) is 5.69 Å². The third-order valence-corrected chi connectivity index (χ3v) is 3.34. The van der Waals surface area contributed by atoms with Gasteiger partial charge in [0, 0.05) is 17.8 Å². The van der Waals surface area contributed by atoms with E-state index in [0.717, 1.165) is 16.8 Å². The average molecular weight is 328 g/mol. The lowest BCUT2D eigenvalue weighted by atomic mass is 10.2. The Balaban J connectivity index is 1.82. The number of aromatic nitrogens is 2. The van der Waals surface area contributed by atoms with Crippen LogP contribution in [-0.2, 0) is 0 Å². The summed E-state index contributed by atoms with van der Waals surface area (Å²) >= 11 is 11.8. The lowest BCUT2D eigenvalue weighted by Crippen LogP contribution is -1.89. The summed E-state index contributed by atoms with van der Waals surface area (Å²) in [5, 5.41) is 0.641. The summed E-state index contributed by atoms with van der Waals surface area (Å²) in [6.45, 7) is 0. The third kappa shape index (κ3) is 3.70. The van der Waals surface area contributed by atoms with Crippen molar-refractivity contribution in [3.05, 3.63) is 76.5 Å². The molecule has 22 heavy (non-hydrogen) atoms. The number of nitrogens with zero attached hydrogens (tertiary/aromatic N) is 3. The van der Waals surface area contributed by atoms with Crippen molar-refractivity contribution >= 4 is 35.1 Å². The first-order valence-corrected chi connectivity index (χ1v) is 7.36. The van der Waals surface area contributed by atoms with Gasteiger partial charge in [0.2, 0.25) is 0 Å². The fourth-order valence-electron chi connectivity index (χ4n) is 1.90. The molecule has 0 radical (unpaired) electrons. The van der Waals surface area contributed by atoms with E-state index in [2.05, 4.69) is 15.0 Å². The minimum atomic E-state index is 0.321. The van der Waals surface area contributed by atoms with Crippen LogP contribution in [0.25, 0.3) is 11.4 Å². The van der Waals surface area contributed by atoms with E-state index in [0.29, 0.717) is 16.1 Å². The molecular formula is C17H11Cl2N3. The molecule has 108 valence electrons. The van der Waals surface area contributed by atoms with Crippen molar-refractivity contribution in [3.63, 3.8) is 0 Å². The maximum Gasteiger partial charge on any atom is 0.162 e. The average Bonchev–Trinajstić information content (AvgIpc) is 2.53. The van der Waals surface area contributed by atoms with Gasteiger partial charge in [0.25, 0.3) is 0 Å². The lowest BCUT2D eigenvalue weighted by molar-refractivity contribution is 1.18. The predicted molar refractivity (Wildman–Crippen MR) is 91.2 cm³/mol. The van der Waals surface area contributed by atoms with Gasteiger partial charge < -0.3 is 0 Å². The van der Waals surface area contributed by atoms with E-state index in [9.17, 15) is 0 Å². The summed E-state index contributed by atoms with van der Waals surface area (Å²) < 4.78 is 0. The highest BCUT2D eigenvalue weighted by molar-refractivity contribution is 6.33. The lowest BCUT2D eigenvalue weighted by Gasteiger charge is -2.02. The van der Waals surface area contributed by atoms with Crippen LogP contribution in [0.3, 0.4) is 0 Å². The Labute approximate surface area is 138 Å². The highest BCUT2D eigenvalue weighted by Gasteiger charge is 2.04. The Kier molecular flexibility index (Phi) is 4.47. The molecule has 0 fully saturated rings. The summed E-state index contributed by atoms with van der Waals surface area (Å²) in [6, 6.07) is 19.0. The van der Waals surface area contributed by atoms with Crippen LogP contribution in [0.15, 0.2) is 65.7 Å². The van der Waals surface area contributed by atoms with Gasteiger partial charge in [0.1, 0.15) is 10.3 Å². The van der Waals surface area contributed by atoms with Crippen LogP contribution in [-0.4, -0.2) is 16.2 Å². The monoisotopic (exact) mass is 327 g/mol. The molecule has 0 aliphatic heterocycles. The molecule has 1 aromatic heterocycles. The first-order valence-electron chi connectivity index (χ1n) is 6.60. The molecule has 0 N–H and O–H groups in total. The first-order chi connectivity index (χ1) is 10.7. The SMILES string of the molecule is Clc1cc(Cl)nc(-c2ccc(/N=C/c3ccccc3)cc2)n1. The summed E-state index contributed by atoms with van der Waals surface area (Å²) in [5.41, 5.74) is 2.74. The topological polar surface area (TPSA) is 38.1 Å². The predicted octanol–water partition coefficient (Wildman–Crippen LogP) is 5.20. The van der Waals surface area contributed by atoms with Gasteiger partial charge in [0.15, 0.2) is 5.82 Å². The van der Waals surface area contributed by atoms with Crippen LogP contribution in [0.1, 0.15) is 5.56 Å². The summed E-state index contributed by atoms with van der Waals surface area (Å²) in [4.78, 5) is 12.7. The zero-order valence-corrected chi connectivity index (χ0v) is 13.0. The van der Waals surface area contributed by atoms with Crippen molar-refractivity contribution in [2.45, 2.75) is 0 Å². The van der Waals surface area contributed by atoms with Gasteiger partial charge in [-0.1, -0.05) is 53.5 Å². The Morgan fingerprint density at radius 2 is 1.45 bits per heavy atom. The van der Waals surface area contributed by atoms with Gasteiger partial charge >= 0.3 is 0 Å². The molecular weight excluding hydrogens is 317 g/mol. The largest absolute Gasteiger partial charge is 0.256 e. The van der Waals surface area contributed by atoms with Gasteiger partial charge in [-0.25, -0.2) is 9.97 Å². The zero-order chi connectivity index (χ0) is 15.4. The number of rotatable bonds is 3. The van der Waals surface area contributed by atoms with Crippen LogP contribution < -0.4 is 0 Å². The van der Waals surface area contributed by atoms with Gasteiger partial charge in [-0.2, -0.15) is 0 Å². The van der Waals surface area contributed by atoms with Crippen molar-refractivity contribution in [1.82, 2.24) is 9.97 Å². The van der Waals surface area contributed by atoms with Gasteiger partial charge in [-0.05, 0) is 29.8 Å². The zero-order valence-electron chi connectivity index (χ0n) is 11.4. The molecule has 0 aliphatic carbocycles. The van der Waals surface area contributed by atoms with Crippen LogP contribution in [0.4, 0.5) is 5.69 Å². The van der Waals surface area contributed by atoms with E-state index < -0.39 is 0 Å². The second-order valence-corrected chi connectivity index (χ2v) is 5.33. The second-order valence-electron chi connectivity index (χ2n) is 4.55. The standard InChI is InChI=1S/C17H11Cl2N3/c18-15-10-16(19)22-17(21-15)13-6-8-14(9-7-13)20-11-12-4-2-1-3-5-12/h1-11H/b20-11+. The quantitative estimate of drug-likeness (QED) is 0.489. The number of hydrogen-bond donors (Lipinski definition) is 0. The number of benzene rings is 2. The molecule has 1 heterocycles. The van der Waals surface area contributed by atoms with E-state index >= 15 is 0 Å². The highest BCUT2D eigenvalue weighted by Crippen LogP contribution is 2.22. The number of aliphatic imine (C=N–C) groups is 1. The molecule has 3 aromatic rings. The molecule has 0 saturated heterocycles. The fourth-order valence-corrected chi connectivity index (χ4v) is 2.33. The van der Waals surface area contributed by atoms with E-state index in [1.54, 1.807) is 0 Å². The van der Waals surface area contributed by atoms with Crippen molar-refractivity contribution < 1.29 is 0 Å². The Morgan fingerprint density at radius 3 is 2.09 bits per heavy atom. The van der Waals surface area contributed by atoms with Crippen LogP contribution in [0.2, 0.25) is 10.3 Å². The van der Waals surface area contributed by atoms with E-state index in [4.69, 9.17) is 23.2 Å². The van der Waals surface area contributed by atoms with Crippen molar-refractivity contribution in [2.75, 3.05) is 0 Å².